The Hall–Kier alpha value is -0.960. The summed E-state index contributed by atoms with van der Waals surface area (Å²) in [4.78, 5) is 39.5. The Morgan fingerprint density at radius 1 is 0.861 bits per heavy atom. The molecule has 0 spiro atoms. The van der Waals surface area contributed by atoms with Gasteiger partial charge in [-0.15, -0.1) is 0 Å². The van der Waals surface area contributed by atoms with Gasteiger partial charge in [-0.05, 0) is 39.0 Å². The Morgan fingerprint density at radius 2 is 1.25 bits per heavy atom. The maximum absolute atomic E-state index is 10.6. The number of amides is 1. The Kier molecular flexibility index (Phi) is 58.9. The topological polar surface area (TPSA) is 204 Å². The van der Waals surface area contributed by atoms with Gasteiger partial charge in [-0.1, -0.05) is 26.7 Å². The third kappa shape index (κ3) is 50.0. The van der Waals surface area contributed by atoms with Crippen LogP contribution in [0.1, 0.15) is 92.4 Å². The SMILES string of the molecule is CC.CC(=O)NN1CCCCC1.CCOC(C)=O.NN.NN1CCCCC1.O=CCCCC=O.[Na+].[OH-]. The van der Waals surface area contributed by atoms with Crippen LogP contribution in [0.3, 0.4) is 0 Å². The molecule has 0 saturated carbocycles. The first-order valence-corrected chi connectivity index (χ1v) is 12.2. The summed E-state index contributed by atoms with van der Waals surface area (Å²) in [6.07, 6.45) is 11.0. The molecule has 12 nitrogen and oxygen atoms in total. The molecule has 36 heavy (non-hydrogen) atoms. The summed E-state index contributed by atoms with van der Waals surface area (Å²) in [7, 11) is 0. The summed E-state index contributed by atoms with van der Waals surface area (Å²) in [5, 5.41) is 3.88. The van der Waals surface area contributed by atoms with Gasteiger partial charge in [0.05, 0.1) is 6.61 Å². The molecule has 2 heterocycles. The van der Waals surface area contributed by atoms with E-state index in [0.29, 0.717) is 25.9 Å². The fourth-order valence-corrected chi connectivity index (χ4v) is 2.63. The van der Waals surface area contributed by atoms with Gasteiger partial charge in [-0.25, -0.2) is 10.0 Å². The van der Waals surface area contributed by atoms with Gasteiger partial charge in [-0.2, -0.15) is 0 Å². The van der Waals surface area contributed by atoms with E-state index in [-0.39, 0.29) is 46.9 Å². The second-order valence-corrected chi connectivity index (χ2v) is 7.00. The molecule has 0 aromatic rings. The predicted molar refractivity (Wildman–Crippen MR) is 139 cm³/mol. The number of rotatable bonds is 6. The van der Waals surface area contributed by atoms with Gasteiger partial charge >= 0.3 is 35.5 Å². The Bertz CT molecular complexity index is 445. The number of nitrogens with two attached hydrogens (primary N) is 3. The van der Waals surface area contributed by atoms with E-state index < -0.39 is 0 Å². The zero-order valence-corrected chi connectivity index (χ0v) is 25.7. The van der Waals surface area contributed by atoms with E-state index in [2.05, 4.69) is 21.8 Å². The van der Waals surface area contributed by atoms with Crippen molar-refractivity contribution in [3.05, 3.63) is 0 Å². The van der Waals surface area contributed by atoms with Gasteiger partial charge in [0.1, 0.15) is 12.6 Å². The van der Waals surface area contributed by atoms with Gasteiger partial charge in [0.15, 0.2) is 0 Å². The van der Waals surface area contributed by atoms with Crippen molar-refractivity contribution in [2.24, 2.45) is 17.5 Å². The quantitative estimate of drug-likeness (QED) is 0.0787. The zero-order chi connectivity index (χ0) is 27.0. The Morgan fingerprint density at radius 3 is 1.47 bits per heavy atom. The average Bonchev–Trinajstić information content (AvgIpc) is 2.84. The minimum atomic E-state index is -0.211. The smallest absolute Gasteiger partial charge is 0.870 e. The van der Waals surface area contributed by atoms with Crippen molar-refractivity contribution < 1.29 is 58.9 Å². The first-order valence-electron chi connectivity index (χ1n) is 12.2. The van der Waals surface area contributed by atoms with Crippen molar-refractivity contribution in [2.75, 3.05) is 32.8 Å². The van der Waals surface area contributed by atoms with E-state index in [4.69, 9.17) is 5.84 Å². The molecule has 2 rings (SSSR count). The minimum absolute atomic E-state index is 0. The van der Waals surface area contributed by atoms with Crippen LogP contribution in [0.2, 0.25) is 0 Å². The van der Waals surface area contributed by atoms with Crippen LogP contribution in [0.5, 0.6) is 0 Å². The molecule has 2 aliphatic heterocycles. The van der Waals surface area contributed by atoms with E-state index >= 15 is 0 Å². The van der Waals surface area contributed by atoms with Gasteiger partial charge in [0.25, 0.3) is 0 Å². The number of esters is 1. The van der Waals surface area contributed by atoms with Crippen molar-refractivity contribution in [2.45, 2.75) is 92.4 Å². The molecule has 2 saturated heterocycles. The number of aldehydes is 2. The molecule has 1 amide bonds. The molecule has 0 aromatic carbocycles. The van der Waals surface area contributed by atoms with Crippen LogP contribution in [0.15, 0.2) is 0 Å². The number of hydrogen-bond acceptors (Lipinski definition) is 11. The van der Waals surface area contributed by atoms with Crippen molar-refractivity contribution in [3.63, 3.8) is 0 Å². The van der Waals surface area contributed by atoms with Gasteiger partial charge < -0.3 is 19.8 Å². The van der Waals surface area contributed by atoms with Crippen LogP contribution >= 0.6 is 0 Å². The van der Waals surface area contributed by atoms with Crippen LogP contribution in [0.25, 0.3) is 0 Å². The van der Waals surface area contributed by atoms with Crippen LogP contribution in [-0.2, 0) is 23.9 Å². The number of carbonyl (C=O) groups excluding carboxylic acids is 4. The third-order valence-corrected chi connectivity index (χ3v) is 4.05. The first-order chi connectivity index (χ1) is 16.4. The Labute approximate surface area is 240 Å². The van der Waals surface area contributed by atoms with Crippen molar-refractivity contribution in [1.29, 1.82) is 0 Å². The number of piperidine rings is 2. The third-order valence-electron chi connectivity index (χ3n) is 4.05. The molecule has 0 aromatic heterocycles. The summed E-state index contributed by atoms with van der Waals surface area (Å²) < 4.78 is 4.40. The summed E-state index contributed by atoms with van der Waals surface area (Å²) in [5.41, 5.74) is 2.78. The summed E-state index contributed by atoms with van der Waals surface area (Å²) >= 11 is 0. The van der Waals surface area contributed by atoms with Gasteiger partial charge in [0, 0.05) is 52.9 Å². The molecule has 8 N–H and O–H groups in total. The molecule has 0 atom stereocenters. The molecule has 0 bridgehead atoms. The maximum atomic E-state index is 10.6. The molecule has 0 radical (unpaired) electrons. The molecule has 0 unspecified atom stereocenters. The second kappa shape index (κ2) is 44.1. The number of unbranched alkanes of at least 4 members (excludes halogenated alkanes) is 2. The van der Waals surface area contributed by atoms with Crippen molar-refractivity contribution >= 4 is 24.4 Å². The molecule has 212 valence electrons. The van der Waals surface area contributed by atoms with Crippen LogP contribution in [0, 0.1) is 0 Å². The minimum Gasteiger partial charge on any atom is -0.870 e. The number of nitrogens with zero attached hydrogens (tertiary/aromatic N) is 2. The fourth-order valence-electron chi connectivity index (χ4n) is 2.63. The Balaban J connectivity index is -0.0000000794. The second-order valence-electron chi connectivity index (χ2n) is 7.00. The number of hydrazine groups is 3. The van der Waals surface area contributed by atoms with Crippen LogP contribution in [0.4, 0.5) is 0 Å². The molecule has 2 aliphatic rings. The average molecular weight is 533 g/mol. The number of hydrogen-bond donors (Lipinski definition) is 4. The van der Waals surface area contributed by atoms with E-state index in [1.54, 1.807) is 13.8 Å². The maximum Gasteiger partial charge on any atom is 1.00 e. The largest absolute Gasteiger partial charge is 1.00 e. The predicted octanol–water partition coefficient (Wildman–Crippen LogP) is -1.33. The summed E-state index contributed by atoms with van der Waals surface area (Å²) in [6, 6.07) is 0. The van der Waals surface area contributed by atoms with Gasteiger partial charge in [0.2, 0.25) is 5.91 Å². The molecule has 2 fully saturated rings. The van der Waals surface area contributed by atoms with E-state index in [1.807, 2.05) is 23.9 Å². The number of nitrogens with one attached hydrogen (secondary N) is 1. The summed E-state index contributed by atoms with van der Waals surface area (Å²) in [5.74, 6) is 13.3. The van der Waals surface area contributed by atoms with Crippen molar-refractivity contribution in [3.8, 4) is 0 Å². The van der Waals surface area contributed by atoms with Crippen LogP contribution < -0.4 is 52.5 Å². The van der Waals surface area contributed by atoms with Gasteiger partial charge in [-0.3, -0.25) is 32.5 Å². The standard InChI is InChI=1S/C7H14N2O.C5H12N2.C5H8O2.C4H8O2.C2H6.H4N2.Na.H2O/c1-7(10)8-9-5-3-2-4-6-9;6-7-4-2-1-3-5-7;6-4-2-1-3-5-7;1-3-6-4(2)5;2*1-2;;/h2-6H2,1H3,(H,8,10);1-6H2;4-5H,1-3H2;3H2,1-2H3;1-2H3;1-2H2;;1H2/q;;;;;;+1;/p-1. The van der Waals surface area contributed by atoms with Crippen LogP contribution in [-0.4, -0.2) is 72.7 Å². The molecule has 0 aliphatic carbocycles. The fraction of sp³-hybridized carbons (Fsp3) is 0.826. The zero-order valence-electron chi connectivity index (χ0n) is 23.7. The monoisotopic (exact) mass is 532 g/mol. The summed E-state index contributed by atoms with van der Waals surface area (Å²) in [6.45, 7) is 13.4. The normalized spacial score (nSPS) is 13.8. The van der Waals surface area contributed by atoms with E-state index in [1.165, 1.54) is 45.4 Å². The molecule has 13 heteroatoms. The van der Waals surface area contributed by atoms with E-state index in [9.17, 15) is 19.2 Å². The number of carbonyl (C=O) groups is 4. The molecular formula is C23H53N6NaO6. The molecular weight excluding hydrogens is 479 g/mol. The first kappa shape index (κ1) is 48.1. The number of ether oxygens (including phenoxy) is 1. The van der Waals surface area contributed by atoms with E-state index in [0.717, 1.165) is 38.8 Å². The van der Waals surface area contributed by atoms with Crippen molar-refractivity contribution in [1.82, 2.24) is 15.4 Å².